The molecule has 0 aliphatic rings. The fraction of sp³-hybridized carbons (Fsp3) is 0.0625. The number of nitrogens with one attached hydrogen (secondary N) is 1. The predicted molar refractivity (Wildman–Crippen MR) is 74.7 cm³/mol. The Bertz CT molecular complexity index is 715. The lowest BCUT2D eigenvalue weighted by Gasteiger charge is -2.06. The van der Waals surface area contributed by atoms with Gasteiger partial charge in [0.1, 0.15) is 18.2 Å². The van der Waals surface area contributed by atoms with Crippen LogP contribution in [0.4, 0.5) is 14.5 Å². The van der Waals surface area contributed by atoms with E-state index in [9.17, 15) is 13.6 Å². The summed E-state index contributed by atoms with van der Waals surface area (Å²) in [7, 11) is 0. The molecule has 2 aromatic carbocycles. The van der Waals surface area contributed by atoms with E-state index in [1.807, 2.05) is 0 Å². The molecule has 0 spiro atoms. The largest absolute Gasteiger partial charge is 0.384 e. The molecule has 0 unspecified atom stereocenters. The molecule has 0 atom stereocenters. The summed E-state index contributed by atoms with van der Waals surface area (Å²) in [4.78, 5) is 11.9. The Morgan fingerprint density at radius 3 is 2.52 bits per heavy atom. The number of halogens is 2. The van der Waals surface area contributed by atoms with E-state index in [2.05, 4.69) is 17.2 Å². The molecule has 3 nitrogen and oxygen atoms in total. The highest BCUT2D eigenvalue weighted by atomic mass is 19.1. The summed E-state index contributed by atoms with van der Waals surface area (Å²) in [5, 5.41) is 10.9. The van der Waals surface area contributed by atoms with E-state index in [1.54, 1.807) is 12.1 Å². The molecule has 0 radical (unpaired) electrons. The van der Waals surface area contributed by atoms with Crippen LogP contribution < -0.4 is 5.32 Å². The van der Waals surface area contributed by atoms with Gasteiger partial charge in [-0.2, -0.15) is 0 Å². The normalized spacial score (nSPS) is 9.67. The van der Waals surface area contributed by atoms with Crippen molar-refractivity contribution in [1.82, 2.24) is 0 Å². The average Bonchev–Trinajstić information content (AvgIpc) is 2.49. The van der Waals surface area contributed by atoms with Gasteiger partial charge in [-0.3, -0.25) is 4.79 Å². The SMILES string of the molecule is O=C(Nc1cc(F)ccc1F)c1ccc(C#CCO)cc1. The Labute approximate surface area is 120 Å². The molecule has 2 rings (SSSR count). The Morgan fingerprint density at radius 1 is 1.14 bits per heavy atom. The first-order valence-electron chi connectivity index (χ1n) is 6.06. The summed E-state index contributed by atoms with van der Waals surface area (Å²) in [5.41, 5.74) is 0.704. The van der Waals surface area contributed by atoms with E-state index >= 15 is 0 Å². The number of anilines is 1. The van der Waals surface area contributed by atoms with Crippen LogP contribution in [0.1, 0.15) is 15.9 Å². The number of hydrogen-bond acceptors (Lipinski definition) is 2. The molecule has 2 aromatic rings. The van der Waals surface area contributed by atoms with Crippen molar-refractivity contribution in [2.24, 2.45) is 0 Å². The Morgan fingerprint density at radius 2 is 1.86 bits per heavy atom. The van der Waals surface area contributed by atoms with Gasteiger partial charge >= 0.3 is 0 Å². The van der Waals surface area contributed by atoms with Gasteiger partial charge in [0, 0.05) is 17.2 Å². The van der Waals surface area contributed by atoms with Crippen LogP contribution in [0.5, 0.6) is 0 Å². The van der Waals surface area contributed by atoms with Crippen LogP contribution in [0.3, 0.4) is 0 Å². The second-order valence-corrected chi connectivity index (χ2v) is 4.12. The van der Waals surface area contributed by atoms with Crippen molar-refractivity contribution in [2.75, 3.05) is 11.9 Å². The lowest BCUT2D eigenvalue weighted by molar-refractivity contribution is 0.102. The number of aliphatic hydroxyl groups excluding tert-OH is 1. The summed E-state index contributed by atoms with van der Waals surface area (Å²) in [6.45, 7) is -0.249. The second kappa shape index (κ2) is 6.64. The van der Waals surface area contributed by atoms with Gasteiger partial charge in [-0.05, 0) is 36.4 Å². The summed E-state index contributed by atoms with van der Waals surface area (Å²) in [6, 6.07) is 9.04. The van der Waals surface area contributed by atoms with Crippen LogP contribution in [0.2, 0.25) is 0 Å². The first-order chi connectivity index (χ1) is 10.1. The van der Waals surface area contributed by atoms with Gasteiger partial charge in [0.25, 0.3) is 5.91 Å². The molecule has 0 bridgehead atoms. The highest BCUT2D eigenvalue weighted by molar-refractivity contribution is 6.04. The van der Waals surface area contributed by atoms with Crippen LogP contribution in [-0.4, -0.2) is 17.6 Å². The first-order valence-corrected chi connectivity index (χ1v) is 6.06. The summed E-state index contributed by atoms with van der Waals surface area (Å²) < 4.78 is 26.4. The molecule has 2 N–H and O–H groups in total. The average molecular weight is 287 g/mol. The fourth-order valence-electron chi connectivity index (χ4n) is 1.63. The number of carbonyl (C=O) groups is 1. The third kappa shape index (κ3) is 3.88. The topological polar surface area (TPSA) is 49.3 Å². The minimum atomic E-state index is -0.713. The molecule has 0 fully saturated rings. The van der Waals surface area contributed by atoms with E-state index < -0.39 is 17.5 Å². The van der Waals surface area contributed by atoms with Crippen molar-refractivity contribution in [3.8, 4) is 11.8 Å². The molecular weight excluding hydrogens is 276 g/mol. The fourth-order valence-corrected chi connectivity index (χ4v) is 1.63. The Kier molecular flexibility index (Phi) is 4.64. The second-order valence-electron chi connectivity index (χ2n) is 4.12. The summed E-state index contributed by atoms with van der Waals surface area (Å²) >= 11 is 0. The van der Waals surface area contributed by atoms with Gasteiger partial charge in [-0.1, -0.05) is 11.8 Å². The lowest BCUT2D eigenvalue weighted by Crippen LogP contribution is -2.13. The minimum absolute atomic E-state index is 0.218. The van der Waals surface area contributed by atoms with Crippen LogP contribution in [-0.2, 0) is 0 Å². The van der Waals surface area contributed by atoms with Gasteiger partial charge in [0.05, 0.1) is 5.69 Å². The maximum absolute atomic E-state index is 13.4. The van der Waals surface area contributed by atoms with Crippen molar-refractivity contribution in [1.29, 1.82) is 0 Å². The Hall–Kier alpha value is -2.71. The standard InChI is InChI=1S/C16H11F2NO2/c17-13-7-8-14(18)15(10-13)19-16(21)12-5-3-11(4-6-12)2-1-9-20/h3-8,10,20H,9H2,(H,19,21). The number of amides is 1. The van der Waals surface area contributed by atoms with Gasteiger partial charge in [-0.15, -0.1) is 0 Å². The molecule has 0 heterocycles. The highest BCUT2D eigenvalue weighted by Gasteiger charge is 2.10. The van der Waals surface area contributed by atoms with Crippen LogP contribution >= 0.6 is 0 Å². The summed E-state index contributed by atoms with van der Waals surface area (Å²) in [6.07, 6.45) is 0. The zero-order chi connectivity index (χ0) is 15.2. The lowest BCUT2D eigenvalue weighted by atomic mass is 10.1. The summed E-state index contributed by atoms with van der Waals surface area (Å²) in [5.74, 6) is 3.26. The highest BCUT2D eigenvalue weighted by Crippen LogP contribution is 2.16. The van der Waals surface area contributed by atoms with Crippen LogP contribution in [0.15, 0.2) is 42.5 Å². The van der Waals surface area contributed by atoms with Crippen LogP contribution in [0, 0.1) is 23.5 Å². The molecular formula is C16H11F2NO2. The van der Waals surface area contributed by atoms with Gasteiger partial charge < -0.3 is 10.4 Å². The zero-order valence-corrected chi connectivity index (χ0v) is 10.9. The van der Waals surface area contributed by atoms with E-state index in [4.69, 9.17) is 5.11 Å². The van der Waals surface area contributed by atoms with E-state index in [-0.39, 0.29) is 17.9 Å². The van der Waals surface area contributed by atoms with Crippen LogP contribution in [0.25, 0.3) is 0 Å². The quantitative estimate of drug-likeness (QED) is 0.834. The maximum Gasteiger partial charge on any atom is 0.255 e. The number of carbonyl (C=O) groups excluding carboxylic acids is 1. The maximum atomic E-state index is 13.4. The molecule has 0 aliphatic heterocycles. The number of benzene rings is 2. The van der Waals surface area contributed by atoms with Crippen molar-refractivity contribution in [2.45, 2.75) is 0 Å². The van der Waals surface area contributed by atoms with Crippen molar-refractivity contribution in [3.63, 3.8) is 0 Å². The molecule has 21 heavy (non-hydrogen) atoms. The van der Waals surface area contributed by atoms with Gasteiger partial charge in [0.2, 0.25) is 0 Å². The smallest absolute Gasteiger partial charge is 0.255 e. The molecule has 0 aromatic heterocycles. The minimum Gasteiger partial charge on any atom is -0.384 e. The third-order valence-electron chi connectivity index (χ3n) is 2.64. The molecule has 0 aliphatic carbocycles. The molecule has 0 saturated carbocycles. The number of hydrogen-bond donors (Lipinski definition) is 2. The van der Waals surface area contributed by atoms with Crippen molar-refractivity contribution < 1.29 is 18.7 Å². The first kappa shape index (κ1) is 14.7. The van der Waals surface area contributed by atoms with E-state index in [0.717, 1.165) is 18.2 Å². The molecule has 0 saturated heterocycles. The Balaban J connectivity index is 2.15. The zero-order valence-electron chi connectivity index (χ0n) is 10.9. The number of rotatable bonds is 2. The van der Waals surface area contributed by atoms with Gasteiger partial charge in [-0.25, -0.2) is 8.78 Å². The predicted octanol–water partition coefficient (Wildman–Crippen LogP) is 2.56. The van der Waals surface area contributed by atoms with Gasteiger partial charge in [0.15, 0.2) is 0 Å². The van der Waals surface area contributed by atoms with E-state index in [0.29, 0.717) is 5.56 Å². The number of aliphatic hydroxyl groups is 1. The van der Waals surface area contributed by atoms with Crippen molar-refractivity contribution >= 4 is 11.6 Å². The monoisotopic (exact) mass is 287 g/mol. The van der Waals surface area contributed by atoms with Crippen molar-refractivity contribution in [3.05, 3.63) is 65.2 Å². The molecule has 5 heteroatoms. The third-order valence-corrected chi connectivity index (χ3v) is 2.64. The van der Waals surface area contributed by atoms with E-state index in [1.165, 1.54) is 12.1 Å². The molecule has 1 amide bonds. The molecule has 106 valence electrons.